The maximum atomic E-state index is 13.2. The molecule has 3 N–H and O–H groups in total. The summed E-state index contributed by atoms with van der Waals surface area (Å²) in [6, 6.07) is 11.0. The normalized spacial score (nSPS) is 12.4. The highest BCUT2D eigenvalue weighted by molar-refractivity contribution is 5.97. The van der Waals surface area contributed by atoms with E-state index >= 15 is 0 Å². The van der Waals surface area contributed by atoms with Gasteiger partial charge in [-0.1, -0.05) is 24.3 Å². The molecule has 0 fully saturated rings. The average molecular weight is 395 g/mol. The summed E-state index contributed by atoms with van der Waals surface area (Å²) in [4.78, 5) is 20.2. The topological polar surface area (TPSA) is 86.5 Å². The summed E-state index contributed by atoms with van der Waals surface area (Å²) in [7, 11) is 0. The first kappa shape index (κ1) is 18.8. The number of H-pyrrole nitrogens is 2. The second-order valence-corrected chi connectivity index (χ2v) is 6.85. The molecule has 4 aromatic rings. The minimum atomic E-state index is -2.60. The highest BCUT2D eigenvalue weighted by Crippen LogP contribution is 2.28. The lowest BCUT2D eigenvalue weighted by atomic mass is 10.0. The largest absolute Gasteiger partial charge is 0.344 e. The molecule has 8 heteroatoms. The number of hydrogen-bond acceptors (Lipinski definition) is 3. The van der Waals surface area contributed by atoms with E-state index in [0.29, 0.717) is 16.9 Å². The van der Waals surface area contributed by atoms with Crippen molar-refractivity contribution in [3.05, 3.63) is 71.2 Å². The standard InChI is InChI=1S/C21H19F2N5O/c1-11(14-5-3-4-6-15(14)19(22)23)25-21(29)18-9-13-7-8-17(26-20(13)27-18)16-10-24-28-12(16)2/h3-11,19H,1-2H3,(H,24,28)(H,25,29)(H,26,27)/t11-/m1/s1. The number of nitrogens with one attached hydrogen (secondary N) is 3. The zero-order valence-electron chi connectivity index (χ0n) is 15.8. The van der Waals surface area contributed by atoms with E-state index in [-0.39, 0.29) is 11.5 Å². The number of carbonyl (C=O) groups is 1. The number of aryl methyl sites for hydroxylation is 1. The number of benzene rings is 1. The van der Waals surface area contributed by atoms with Gasteiger partial charge >= 0.3 is 0 Å². The van der Waals surface area contributed by atoms with E-state index in [9.17, 15) is 13.6 Å². The van der Waals surface area contributed by atoms with Crippen molar-refractivity contribution < 1.29 is 13.6 Å². The number of alkyl halides is 2. The van der Waals surface area contributed by atoms with Crippen molar-refractivity contribution in [3.63, 3.8) is 0 Å². The van der Waals surface area contributed by atoms with Gasteiger partial charge in [-0.15, -0.1) is 0 Å². The van der Waals surface area contributed by atoms with Gasteiger partial charge in [0.2, 0.25) is 0 Å². The molecule has 3 heterocycles. The van der Waals surface area contributed by atoms with Crippen LogP contribution in [0.25, 0.3) is 22.3 Å². The van der Waals surface area contributed by atoms with Gasteiger partial charge in [0.1, 0.15) is 11.3 Å². The molecule has 0 aliphatic carbocycles. The SMILES string of the molecule is Cc1[nH]ncc1-c1ccc2cc(C(=O)N[C@H](C)c3ccccc3C(F)F)[nH]c2n1. The maximum absolute atomic E-state index is 13.2. The van der Waals surface area contributed by atoms with E-state index in [1.165, 1.54) is 6.07 Å². The molecule has 0 bridgehead atoms. The third-order valence-corrected chi connectivity index (χ3v) is 4.88. The van der Waals surface area contributed by atoms with Crippen LogP contribution in [0.5, 0.6) is 0 Å². The number of amides is 1. The van der Waals surface area contributed by atoms with Crippen LogP contribution >= 0.6 is 0 Å². The number of aromatic nitrogens is 4. The maximum Gasteiger partial charge on any atom is 0.268 e. The van der Waals surface area contributed by atoms with Crippen LogP contribution in [0.2, 0.25) is 0 Å². The lowest BCUT2D eigenvalue weighted by molar-refractivity contribution is 0.0933. The fourth-order valence-electron chi connectivity index (χ4n) is 3.34. The molecule has 0 saturated carbocycles. The number of halogens is 2. The molecule has 0 aliphatic rings. The predicted molar refractivity (Wildman–Crippen MR) is 106 cm³/mol. The smallest absolute Gasteiger partial charge is 0.268 e. The molecule has 0 saturated heterocycles. The second-order valence-electron chi connectivity index (χ2n) is 6.85. The summed E-state index contributed by atoms with van der Waals surface area (Å²) in [6.07, 6.45) is -0.907. The Balaban J connectivity index is 1.58. The number of nitrogens with zero attached hydrogens (tertiary/aromatic N) is 2. The Hall–Kier alpha value is -3.55. The van der Waals surface area contributed by atoms with Crippen LogP contribution in [0.3, 0.4) is 0 Å². The van der Waals surface area contributed by atoms with Crippen LogP contribution in [0.4, 0.5) is 8.78 Å². The molecule has 1 atom stereocenters. The van der Waals surface area contributed by atoms with Crippen molar-refractivity contribution in [2.45, 2.75) is 26.3 Å². The Bertz CT molecular complexity index is 1180. The van der Waals surface area contributed by atoms with Gasteiger partial charge in [-0.3, -0.25) is 9.89 Å². The quantitative estimate of drug-likeness (QED) is 0.458. The molecule has 3 aromatic heterocycles. The van der Waals surface area contributed by atoms with Crippen molar-refractivity contribution in [2.75, 3.05) is 0 Å². The number of hydrogen-bond donors (Lipinski definition) is 3. The Morgan fingerprint density at radius 3 is 2.59 bits per heavy atom. The van der Waals surface area contributed by atoms with E-state index in [1.807, 2.05) is 19.1 Å². The van der Waals surface area contributed by atoms with Crippen LogP contribution < -0.4 is 5.32 Å². The molecular formula is C21H19F2N5O. The molecule has 4 rings (SSSR count). The Morgan fingerprint density at radius 1 is 1.14 bits per heavy atom. The fourth-order valence-corrected chi connectivity index (χ4v) is 3.34. The highest BCUT2D eigenvalue weighted by atomic mass is 19.3. The summed E-state index contributed by atoms with van der Waals surface area (Å²) in [5, 5.41) is 10.4. The summed E-state index contributed by atoms with van der Waals surface area (Å²) >= 11 is 0. The van der Waals surface area contributed by atoms with Crippen LogP contribution in [0.1, 0.15) is 46.7 Å². The zero-order chi connectivity index (χ0) is 20.5. The number of fused-ring (bicyclic) bond motifs is 1. The summed E-state index contributed by atoms with van der Waals surface area (Å²) in [5.74, 6) is -0.388. The first-order chi connectivity index (χ1) is 13.9. The molecule has 148 valence electrons. The molecule has 6 nitrogen and oxygen atoms in total. The van der Waals surface area contributed by atoms with Crippen LogP contribution in [-0.2, 0) is 0 Å². The highest BCUT2D eigenvalue weighted by Gasteiger charge is 2.20. The van der Waals surface area contributed by atoms with Gasteiger partial charge in [-0.25, -0.2) is 13.8 Å². The summed E-state index contributed by atoms with van der Waals surface area (Å²) in [6.45, 7) is 3.58. The molecule has 0 unspecified atom stereocenters. The van der Waals surface area contributed by atoms with E-state index in [0.717, 1.165) is 22.3 Å². The lowest BCUT2D eigenvalue weighted by Gasteiger charge is -2.17. The summed E-state index contributed by atoms with van der Waals surface area (Å²) < 4.78 is 26.5. The number of pyridine rings is 1. The number of aromatic amines is 2. The Morgan fingerprint density at radius 2 is 1.90 bits per heavy atom. The average Bonchev–Trinajstić information content (AvgIpc) is 3.33. The lowest BCUT2D eigenvalue weighted by Crippen LogP contribution is -2.27. The minimum Gasteiger partial charge on any atom is -0.344 e. The van der Waals surface area contributed by atoms with Gasteiger partial charge < -0.3 is 10.3 Å². The van der Waals surface area contributed by atoms with Gasteiger partial charge in [0, 0.05) is 22.2 Å². The molecule has 1 aromatic carbocycles. The monoisotopic (exact) mass is 395 g/mol. The fraction of sp³-hybridized carbons (Fsp3) is 0.190. The first-order valence-corrected chi connectivity index (χ1v) is 9.12. The number of rotatable bonds is 5. The second kappa shape index (κ2) is 7.46. The van der Waals surface area contributed by atoms with Crippen LogP contribution in [0.15, 0.2) is 48.7 Å². The van der Waals surface area contributed by atoms with Gasteiger partial charge in [-0.2, -0.15) is 5.10 Å². The molecule has 29 heavy (non-hydrogen) atoms. The Kier molecular flexibility index (Phi) is 4.84. The molecule has 0 aliphatic heterocycles. The van der Waals surface area contributed by atoms with Crippen molar-refractivity contribution >= 4 is 16.9 Å². The molecular weight excluding hydrogens is 376 g/mol. The predicted octanol–water partition coefficient (Wildman–Crippen LogP) is 4.69. The van der Waals surface area contributed by atoms with Crippen molar-refractivity contribution in [1.82, 2.24) is 25.5 Å². The third kappa shape index (κ3) is 3.61. The molecule has 1 amide bonds. The van der Waals surface area contributed by atoms with E-state index < -0.39 is 12.5 Å². The van der Waals surface area contributed by atoms with E-state index in [2.05, 4.69) is 25.5 Å². The van der Waals surface area contributed by atoms with E-state index in [1.54, 1.807) is 37.4 Å². The zero-order valence-corrected chi connectivity index (χ0v) is 15.8. The van der Waals surface area contributed by atoms with Crippen molar-refractivity contribution in [2.24, 2.45) is 0 Å². The third-order valence-electron chi connectivity index (χ3n) is 4.88. The van der Waals surface area contributed by atoms with Gasteiger partial charge in [-0.05, 0) is 37.6 Å². The van der Waals surface area contributed by atoms with Gasteiger partial charge in [0.05, 0.1) is 17.9 Å². The number of carbonyl (C=O) groups excluding carboxylic acids is 1. The van der Waals surface area contributed by atoms with Crippen LogP contribution in [-0.4, -0.2) is 26.1 Å². The summed E-state index contributed by atoms with van der Waals surface area (Å²) in [5.41, 5.74) is 3.69. The Labute approximate surface area is 165 Å². The van der Waals surface area contributed by atoms with Gasteiger partial charge in [0.25, 0.3) is 12.3 Å². The first-order valence-electron chi connectivity index (χ1n) is 9.12. The molecule has 0 spiro atoms. The van der Waals surface area contributed by atoms with Crippen molar-refractivity contribution in [1.29, 1.82) is 0 Å². The molecule has 0 radical (unpaired) electrons. The minimum absolute atomic E-state index is 0.0845. The van der Waals surface area contributed by atoms with Gasteiger partial charge in [0.15, 0.2) is 0 Å². The van der Waals surface area contributed by atoms with Crippen molar-refractivity contribution in [3.8, 4) is 11.3 Å². The van der Waals surface area contributed by atoms with E-state index in [4.69, 9.17) is 0 Å². The van der Waals surface area contributed by atoms with Crippen LogP contribution in [0, 0.1) is 6.92 Å².